The molecule has 5 nitrogen and oxygen atoms in total. The molecule has 0 aromatic heterocycles. The minimum atomic E-state index is -3.58. The molecule has 2 rings (SSSR count). The largest absolute Gasteiger partial charge is 0.392 e. The monoisotopic (exact) mass is 280 g/mol. The van der Waals surface area contributed by atoms with Crippen LogP contribution >= 0.6 is 0 Å². The summed E-state index contributed by atoms with van der Waals surface area (Å²) in [6, 6.07) is 6.48. The van der Waals surface area contributed by atoms with Gasteiger partial charge in [-0.2, -0.15) is 9.57 Å². The first-order chi connectivity index (χ1) is 8.95. The fourth-order valence-corrected chi connectivity index (χ4v) is 3.81. The molecule has 1 N–H and O–H groups in total. The van der Waals surface area contributed by atoms with Crippen molar-refractivity contribution in [2.75, 3.05) is 13.1 Å². The lowest BCUT2D eigenvalue weighted by Gasteiger charge is -2.29. The zero-order valence-electron chi connectivity index (χ0n) is 10.7. The summed E-state index contributed by atoms with van der Waals surface area (Å²) < 4.78 is 26.1. The number of aliphatic hydroxyl groups is 1. The molecule has 0 radical (unpaired) electrons. The molecule has 0 saturated carbocycles. The van der Waals surface area contributed by atoms with Gasteiger partial charge in [0, 0.05) is 13.1 Å². The van der Waals surface area contributed by atoms with E-state index in [-0.39, 0.29) is 11.4 Å². The van der Waals surface area contributed by atoms with Gasteiger partial charge < -0.3 is 5.11 Å². The Kier molecular flexibility index (Phi) is 3.90. The average Bonchev–Trinajstić information content (AvgIpc) is 2.38. The first-order valence-corrected chi connectivity index (χ1v) is 7.58. The first kappa shape index (κ1) is 14.0. The summed E-state index contributed by atoms with van der Waals surface area (Å²) >= 11 is 0. The fourth-order valence-electron chi connectivity index (χ4n) is 2.21. The smallest absolute Gasteiger partial charge is 0.243 e. The Hall–Kier alpha value is -1.42. The lowest BCUT2D eigenvalue weighted by atomic mass is 10.1. The Morgan fingerprint density at radius 2 is 2.21 bits per heavy atom. The predicted molar refractivity (Wildman–Crippen MR) is 69.9 cm³/mol. The quantitative estimate of drug-likeness (QED) is 0.876. The Morgan fingerprint density at radius 1 is 1.47 bits per heavy atom. The molecule has 0 bridgehead atoms. The van der Waals surface area contributed by atoms with E-state index in [1.165, 1.54) is 22.5 Å². The van der Waals surface area contributed by atoms with Gasteiger partial charge in [-0.15, -0.1) is 0 Å². The van der Waals surface area contributed by atoms with Gasteiger partial charge >= 0.3 is 0 Å². The van der Waals surface area contributed by atoms with E-state index < -0.39 is 16.1 Å². The molecule has 1 heterocycles. The number of rotatable bonds is 2. The third kappa shape index (κ3) is 2.78. The van der Waals surface area contributed by atoms with Crippen LogP contribution in [-0.4, -0.2) is 37.0 Å². The molecule has 6 heteroatoms. The van der Waals surface area contributed by atoms with Crippen molar-refractivity contribution in [1.82, 2.24) is 4.31 Å². The maximum Gasteiger partial charge on any atom is 0.243 e. The fraction of sp³-hybridized carbons (Fsp3) is 0.462. The van der Waals surface area contributed by atoms with Crippen LogP contribution in [0.4, 0.5) is 0 Å². The van der Waals surface area contributed by atoms with Crippen molar-refractivity contribution in [3.8, 4) is 6.07 Å². The number of nitriles is 1. The van der Waals surface area contributed by atoms with Crippen LogP contribution in [0.25, 0.3) is 0 Å². The highest BCUT2D eigenvalue weighted by Crippen LogP contribution is 2.22. The van der Waals surface area contributed by atoms with E-state index >= 15 is 0 Å². The third-order valence-electron chi connectivity index (χ3n) is 3.32. The topological polar surface area (TPSA) is 81.4 Å². The van der Waals surface area contributed by atoms with E-state index in [9.17, 15) is 13.5 Å². The molecular formula is C13H16N2O3S. The normalized spacial score (nSPS) is 21.0. The van der Waals surface area contributed by atoms with Gasteiger partial charge in [-0.05, 0) is 43.5 Å². The van der Waals surface area contributed by atoms with Crippen LogP contribution in [0.15, 0.2) is 23.1 Å². The summed E-state index contributed by atoms with van der Waals surface area (Å²) in [6.07, 6.45) is 0.705. The molecule has 0 spiro atoms. The third-order valence-corrected chi connectivity index (χ3v) is 5.18. The zero-order chi connectivity index (χ0) is 14.0. The van der Waals surface area contributed by atoms with Gasteiger partial charge in [0.2, 0.25) is 10.0 Å². The summed E-state index contributed by atoms with van der Waals surface area (Å²) in [7, 11) is -3.58. The minimum absolute atomic E-state index is 0.140. The van der Waals surface area contributed by atoms with Crippen molar-refractivity contribution in [2.45, 2.75) is 30.8 Å². The Balaban J connectivity index is 2.34. The summed E-state index contributed by atoms with van der Waals surface area (Å²) in [5.74, 6) is 0. The van der Waals surface area contributed by atoms with Crippen molar-refractivity contribution in [2.24, 2.45) is 0 Å². The van der Waals surface area contributed by atoms with Crippen LogP contribution in [-0.2, 0) is 10.0 Å². The number of piperidine rings is 1. The number of sulfonamides is 1. The average molecular weight is 280 g/mol. The van der Waals surface area contributed by atoms with Crippen LogP contribution in [0, 0.1) is 18.3 Å². The molecule has 1 aromatic rings. The first-order valence-electron chi connectivity index (χ1n) is 6.14. The van der Waals surface area contributed by atoms with E-state index in [1.807, 2.05) is 6.07 Å². The summed E-state index contributed by atoms with van der Waals surface area (Å²) in [6.45, 7) is 2.28. The molecule has 1 fully saturated rings. The molecule has 0 amide bonds. The molecule has 19 heavy (non-hydrogen) atoms. The maximum atomic E-state index is 12.4. The summed E-state index contributed by atoms with van der Waals surface area (Å²) in [4.78, 5) is 0.179. The molecule has 1 aliphatic heterocycles. The molecule has 1 aromatic carbocycles. The van der Waals surface area contributed by atoms with E-state index in [0.29, 0.717) is 30.5 Å². The van der Waals surface area contributed by atoms with Crippen molar-refractivity contribution in [3.05, 3.63) is 29.3 Å². The van der Waals surface area contributed by atoms with E-state index in [2.05, 4.69) is 0 Å². The van der Waals surface area contributed by atoms with Gasteiger partial charge in [-0.3, -0.25) is 0 Å². The number of aryl methyl sites for hydroxylation is 1. The Labute approximate surface area is 113 Å². The second-order valence-corrected chi connectivity index (χ2v) is 6.69. The molecule has 102 valence electrons. The van der Waals surface area contributed by atoms with Crippen LogP contribution in [0.1, 0.15) is 24.0 Å². The van der Waals surface area contributed by atoms with E-state index in [0.717, 1.165) is 0 Å². The lowest BCUT2D eigenvalue weighted by Crippen LogP contribution is -2.42. The highest BCUT2D eigenvalue weighted by molar-refractivity contribution is 7.89. The van der Waals surface area contributed by atoms with Crippen molar-refractivity contribution < 1.29 is 13.5 Å². The number of aliphatic hydroxyl groups excluding tert-OH is 1. The number of nitrogens with zero attached hydrogens (tertiary/aromatic N) is 2. The molecule has 0 unspecified atom stereocenters. The van der Waals surface area contributed by atoms with Crippen LogP contribution in [0.2, 0.25) is 0 Å². The van der Waals surface area contributed by atoms with Gasteiger partial charge in [-0.1, -0.05) is 0 Å². The molecular weight excluding hydrogens is 264 g/mol. The van der Waals surface area contributed by atoms with Crippen LogP contribution in [0.5, 0.6) is 0 Å². The number of hydrogen-bond acceptors (Lipinski definition) is 4. The summed E-state index contributed by atoms with van der Waals surface area (Å²) in [5.41, 5.74) is 1.11. The van der Waals surface area contributed by atoms with Crippen molar-refractivity contribution in [1.29, 1.82) is 5.26 Å². The second kappa shape index (κ2) is 5.29. The SMILES string of the molecule is Cc1cc(S(=O)(=O)N2CCC[C@H](O)C2)ccc1C#N. The van der Waals surface area contributed by atoms with E-state index in [1.54, 1.807) is 6.92 Å². The standard InChI is InChI=1S/C13H16N2O3S/c1-10-7-13(5-4-11(10)8-14)19(17,18)15-6-2-3-12(16)9-15/h4-5,7,12,16H,2-3,6,9H2,1H3/t12-/m0/s1. The lowest BCUT2D eigenvalue weighted by molar-refractivity contribution is 0.108. The number of β-amino-alcohol motifs (C(OH)–C–C–N with tert-alkyl or cyclic N) is 1. The zero-order valence-corrected chi connectivity index (χ0v) is 11.5. The molecule has 1 aliphatic rings. The number of hydrogen-bond donors (Lipinski definition) is 1. The highest BCUT2D eigenvalue weighted by atomic mass is 32.2. The maximum absolute atomic E-state index is 12.4. The second-order valence-electron chi connectivity index (χ2n) is 4.75. The molecule has 0 aliphatic carbocycles. The van der Waals surface area contributed by atoms with Crippen molar-refractivity contribution in [3.63, 3.8) is 0 Å². The van der Waals surface area contributed by atoms with Crippen LogP contribution in [0.3, 0.4) is 0 Å². The summed E-state index contributed by atoms with van der Waals surface area (Å²) in [5, 5.41) is 18.4. The van der Waals surface area contributed by atoms with Gasteiger partial charge in [0.1, 0.15) is 0 Å². The van der Waals surface area contributed by atoms with Gasteiger partial charge in [0.15, 0.2) is 0 Å². The number of benzene rings is 1. The molecule has 1 saturated heterocycles. The highest BCUT2D eigenvalue weighted by Gasteiger charge is 2.29. The Bertz CT molecular complexity index is 619. The minimum Gasteiger partial charge on any atom is -0.392 e. The van der Waals surface area contributed by atoms with Crippen LogP contribution < -0.4 is 0 Å². The molecule has 1 atom stereocenters. The van der Waals surface area contributed by atoms with E-state index in [4.69, 9.17) is 5.26 Å². The van der Waals surface area contributed by atoms with Gasteiger partial charge in [-0.25, -0.2) is 8.42 Å². The van der Waals surface area contributed by atoms with Crippen molar-refractivity contribution >= 4 is 10.0 Å². The van der Waals surface area contributed by atoms with Gasteiger partial charge in [0.05, 0.1) is 22.6 Å². The Morgan fingerprint density at radius 3 is 2.79 bits per heavy atom. The van der Waals surface area contributed by atoms with Gasteiger partial charge in [0.25, 0.3) is 0 Å². The predicted octanol–water partition coefficient (Wildman–Crippen LogP) is 1.01.